The first-order chi connectivity index (χ1) is 10.7. The van der Waals surface area contributed by atoms with E-state index in [0.29, 0.717) is 6.42 Å². The molecule has 1 unspecified atom stereocenters. The van der Waals surface area contributed by atoms with Crippen LogP contribution in [0.3, 0.4) is 0 Å². The summed E-state index contributed by atoms with van der Waals surface area (Å²) in [6.07, 6.45) is 4.26. The minimum absolute atomic E-state index is 0.0539. The van der Waals surface area contributed by atoms with Gasteiger partial charge in [0, 0.05) is 30.7 Å². The van der Waals surface area contributed by atoms with E-state index >= 15 is 0 Å². The van der Waals surface area contributed by atoms with Gasteiger partial charge in [-0.25, -0.2) is 9.97 Å². The average Bonchev–Trinajstić information content (AvgIpc) is 2.93. The van der Waals surface area contributed by atoms with Gasteiger partial charge in [0.15, 0.2) is 0 Å². The molecule has 1 atom stereocenters. The normalized spacial score (nSPS) is 18.2. The van der Waals surface area contributed by atoms with Gasteiger partial charge >= 0.3 is 0 Å². The predicted octanol–water partition coefficient (Wildman–Crippen LogP) is 2.17. The number of rotatable bonds is 4. The monoisotopic (exact) mass is 316 g/mol. The zero-order valence-corrected chi connectivity index (χ0v) is 13.5. The van der Waals surface area contributed by atoms with Crippen LogP contribution in [0.1, 0.15) is 23.5 Å². The van der Waals surface area contributed by atoms with Crippen molar-refractivity contribution in [3.05, 3.63) is 40.5 Å². The quantitative estimate of drug-likeness (QED) is 0.939. The number of aryl methyl sites for hydroxylation is 1. The molecule has 0 radical (unpaired) electrons. The Balaban J connectivity index is 1.55. The summed E-state index contributed by atoms with van der Waals surface area (Å²) in [6, 6.07) is 6.11. The number of hydrogen-bond acceptors (Lipinski definition) is 5. The van der Waals surface area contributed by atoms with Crippen LogP contribution in [0.15, 0.2) is 29.8 Å². The van der Waals surface area contributed by atoms with Crippen molar-refractivity contribution in [2.24, 2.45) is 0 Å². The maximum Gasteiger partial charge on any atom is 0.226 e. The smallest absolute Gasteiger partial charge is 0.226 e. The molecule has 1 saturated heterocycles. The van der Waals surface area contributed by atoms with Crippen molar-refractivity contribution in [3.63, 3.8) is 0 Å². The summed E-state index contributed by atoms with van der Waals surface area (Å²) in [4.78, 5) is 23.1. The molecule has 0 aromatic carbocycles. The van der Waals surface area contributed by atoms with Crippen molar-refractivity contribution >= 4 is 23.1 Å². The van der Waals surface area contributed by atoms with Crippen molar-refractivity contribution in [1.82, 2.24) is 15.3 Å². The van der Waals surface area contributed by atoms with E-state index in [4.69, 9.17) is 0 Å². The van der Waals surface area contributed by atoms with Crippen LogP contribution in [0, 0.1) is 6.92 Å². The number of carbonyl (C=O) groups is 1. The molecule has 116 valence electrons. The van der Waals surface area contributed by atoms with Gasteiger partial charge in [0.05, 0.1) is 17.1 Å². The molecule has 0 saturated carbocycles. The lowest BCUT2D eigenvalue weighted by molar-refractivity contribution is -0.121. The Labute approximate surface area is 134 Å². The number of pyridine rings is 1. The fourth-order valence-electron chi connectivity index (χ4n) is 2.78. The lowest BCUT2D eigenvalue weighted by Crippen LogP contribution is -2.48. The Kier molecular flexibility index (Phi) is 4.68. The zero-order valence-electron chi connectivity index (χ0n) is 12.7. The number of anilines is 1. The van der Waals surface area contributed by atoms with Gasteiger partial charge in [-0.1, -0.05) is 6.07 Å². The van der Waals surface area contributed by atoms with E-state index in [9.17, 15) is 4.79 Å². The molecule has 1 N–H and O–H groups in total. The first-order valence-corrected chi connectivity index (χ1v) is 8.45. The number of piperidine rings is 1. The maximum atomic E-state index is 12.2. The highest BCUT2D eigenvalue weighted by Gasteiger charge is 2.22. The fourth-order valence-corrected chi connectivity index (χ4v) is 3.39. The van der Waals surface area contributed by atoms with Crippen molar-refractivity contribution in [1.29, 1.82) is 0 Å². The van der Waals surface area contributed by atoms with Crippen LogP contribution in [-0.2, 0) is 11.2 Å². The van der Waals surface area contributed by atoms with Gasteiger partial charge in [-0.3, -0.25) is 4.79 Å². The summed E-state index contributed by atoms with van der Waals surface area (Å²) in [7, 11) is 0. The number of nitrogens with one attached hydrogen (secondary N) is 1. The molecule has 1 aliphatic heterocycles. The van der Waals surface area contributed by atoms with Gasteiger partial charge in [-0.15, -0.1) is 11.3 Å². The maximum absolute atomic E-state index is 12.2. The molecule has 1 aliphatic rings. The summed E-state index contributed by atoms with van der Waals surface area (Å²) in [5.74, 6) is 1.04. The third-order valence-electron chi connectivity index (χ3n) is 3.77. The van der Waals surface area contributed by atoms with Crippen LogP contribution >= 0.6 is 11.3 Å². The lowest BCUT2D eigenvalue weighted by Gasteiger charge is -2.33. The number of nitrogens with zero attached hydrogens (tertiary/aromatic N) is 3. The molecule has 0 aliphatic carbocycles. The molecular weight excluding hydrogens is 296 g/mol. The third kappa shape index (κ3) is 3.82. The van der Waals surface area contributed by atoms with Crippen LogP contribution in [0.25, 0.3) is 0 Å². The molecule has 2 aromatic rings. The van der Waals surface area contributed by atoms with Crippen LogP contribution in [-0.4, -0.2) is 35.0 Å². The third-order valence-corrected chi connectivity index (χ3v) is 4.59. The Hall–Kier alpha value is -1.95. The fraction of sp³-hybridized carbons (Fsp3) is 0.438. The minimum atomic E-state index is 0.0539. The number of hydrogen-bond donors (Lipinski definition) is 1. The zero-order chi connectivity index (χ0) is 15.4. The standard InChI is InChI=1S/C16H20N4OS/c1-12-18-14(11-22-12)9-16(21)19-13-5-4-8-20(10-13)15-6-2-3-7-17-15/h2-3,6-7,11,13H,4-5,8-10H2,1H3,(H,19,21). The molecule has 2 aromatic heterocycles. The van der Waals surface area contributed by atoms with E-state index in [0.717, 1.165) is 42.5 Å². The summed E-state index contributed by atoms with van der Waals surface area (Å²) in [5, 5.41) is 6.09. The second kappa shape index (κ2) is 6.87. The Bertz CT molecular complexity index is 628. The molecule has 6 heteroatoms. The van der Waals surface area contributed by atoms with Gasteiger partial charge in [-0.2, -0.15) is 0 Å². The van der Waals surface area contributed by atoms with Crippen LogP contribution in [0.2, 0.25) is 0 Å². The predicted molar refractivity (Wildman–Crippen MR) is 88.2 cm³/mol. The molecule has 0 bridgehead atoms. The lowest BCUT2D eigenvalue weighted by atomic mass is 10.1. The van der Waals surface area contributed by atoms with Gasteiger partial charge in [0.1, 0.15) is 5.82 Å². The van der Waals surface area contributed by atoms with Crippen LogP contribution < -0.4 is 10.2 Å². The first-order valence-electron chi connectivity index (χ1n) is 7.57. The number of carbonyl (C=O) groups excluding carboxylic acids is 1. The minimum Gasteiger partial charge on any atom is -0.355 e. The molecule has 3 rings (SSSR count). The van der Waals surface area contributed by atoms with Crippen LogP contribution in [0.4, 0.5) is 5.82 Å². The molecule has 1 fully saturated rings. The van der Waals surface area contributed by atoms with E-state index in [1.54, 1.807) is 11.3 Å². The van der Waals surface area contributed by atoms with E-state index < -0.39 is 0 Å². The second-order valence-electron chi connectivity index (χ2n) is 5.58. The molecule has 3 heterocycles. The Morgan fingerprint density at radius 1 is 1.50 bits per heavy atom. The molecule has 1 amide bonds. The SMILES string of the molecule is Cc1nc(CC(=O)NC2CCCN(c3ccccn3)C2)cs1. The van der Waals surface area contributed by atoms with E-state index in [2.05, 4.69) is 20.2 Å². The van der Waals surface area contributed by atoms with Gasteiger partial charge in [0.25, 0.3) is 0 Å². The molecule has 0 spiro atoms. The summed E-state index contributed by atoms with van der Waals surface area (Å²) in [6.45, 7) is 3.77. The average molecular weight is 316 g/mol. The highest BCUT2D eigenvalue weighted by molar-refractivity contribution is 7.09. The van der Waals surface area contributed by atoms with Crippen LogP contribution in [0.5, 0.6) is 0 Å². The second-order valence-corrected chi connectivity index (χ2v) is 6.64. The number of amides is 1. The highest BCUT2D eigenvalue weighted by Crippen LogP contribution is 2.17. The van der Waals surface area contributed by atoms with Crippen molar-refractivity contribution in [2.75, 3.05) is 18.0 Å². The summed E-state index contributed by atoms with van der Waals surface area (Å²) < 4.78 is 0. The van der Waals surface area contributed by atoms with E-state index in [1.165, 1.54) is 0 Å². The molecule has 22 heavy (non-hydrogen) atoms. The van der Waals surface area contributed by atoms with E-state index in [1.807, 2.05) is 36.7 Å². The Morgan fingerprint density at radius 3 is 3.14 bits per heavy atom. The van der Waals surface area contributed by atoms with Gasteiger partial charge < -0.3 is 10.2 Å². The number of thiazole rings is 1. The Morgan fingerprint density at radius 2 is 2.41 bits per heavy atom. The summed E-state index contributed by atoms with van der Waals surface area (Å²) in [5.41, 5.74) is 0.859. The first kappa shape index (κ1) is 15.0. The van der Waals surface area contributed by atoms with E-state index in [-0.39, 0.29) is 11.9 Å². The van der Waals surface area contributed by atoms with Crippen molar-refractivity contribution in [3.8, 4) is 0 Å². The van der Waals surface area contributed by atoms with Crippen molar-refractivity contribution in [2.45, 2.75) is 32.2 Å². The molecule has 5 nitrogen and oxygen atoms in total. The molecular formula is C16H20N4OS. The highest BCUT2D eigenvalue weighted by atomic mass is 32.1. The summed E-state index contributed by atoms with van der Waals surface area (Å²) >= 11 is 1.58. The van der Waals surface area contributed by atoms with Crippen molar-refractivity contribution < 1.29 is 4.79 Å². The van der Waals surface area contributed by atoms with Gasteiger partial charge in [0.2, 0.25) is 5.91 Å². The largest absolute Gasteiger partial charge is 0.355 e. The number of aromatic nitrogens is 2. The van der Waals surface area contributed by atoms with Gasteiger partial charge in [-0.05, 0) is 31.9 Å². The topological polar surface area (TPSA) is 58.1 Å².